The number of carbonyl (C=O) groups excluding carboxylic acids is 1. The lowest BCUT2D eigenvalue weighted by Crippen LogP contribution is -2.30. The maximum Gasteiger partial charge on any atom is 0.336 e. The second-order valence-electron chi connectivity index (χ2n) is 5.33. The van der Waals surface area contributed by atoms with E-state index in [-0.39, 0.29) is 5.91 Å². The predicted octanol–water partition coefficient (Wildman–Crippen LogP) is 4.10. The van der Waals surface area contributed by atoms with Gasteiger partial charge in [-0.2, -0.15) is 0 Å². The van der Waals surface area contributed by atoms with Gasteiger partial charge in [0.15, 0.2) is 6.10 Å². The van der Waals surface area contributed by atoms with Crippen molar-refractivity contribution in [1.82, 2.24) is 0 Å². The van der Waals surface area contributed by atoms with Gasteiger partial charge >= 0.3 is 5.63 Å². The molecule has 1 amide bonds. The molecule has 25 heavy (non-hydrogen) atoms. The third kappa shape index (κ3) is 4.06. The normalized spacial score (nSPS) is 12.0. The van der Waals surface area contributed by atoms with Crippen LogP contribution in [0.25, 0.3) is 11.0 Å². The molecule has 0 aliphatic rings. The van der Waals surface area contributed by atoms with Crippen molar-refractivity contribution in [1.29, 1.82) is 0 Å². The molecule has 3 aromatic rings. The Morgan fingerprint density at radius 3 is 2.76 bits per heavy atom. The molecule has 0 aliphatic carbocycles. The largest absolute Gasteiger partial charge is 0.480 e. The van der Waals surface area contributed by atoms with Crippen LogP contribution in [0.2, 0.25) is 0 Å². The van der Waals surface area contributed by atoms with Crippen LogP contribution < -0.4 is 15.7 Å². The van der Waals surface area contributed by atoms with Gasteiger partial charge in [-0.3, -0.25) is 4.79 Å². The number of nitrogens with one attached hydrogen (secondary N) is 1. The lowest BCUT2D eigenvalue weighted by atomic mass is 10.2. The number of anilines is 1. The van der Waals surface area contributed by atoms with Crippen LogP contribution in [0.4, 0.5) is 10.1 Å². The Labute approximate surface area is 150 Å². The summed E-state index contributed by atoms with van der Waals surface area (Å²) in [4.78, 5) is 23.5. The van der Waals surface area contributed by atoms with Crippen LogP contribution in [0.15, 0.2) is 62.2 Å². The van der Waals surface area contributed by atoms with Crippen LogP contribution in [0.3, 0.4) is 0 Å². The number of rotatable bonds is 4. The summed E-state index contributed by atoms with van der Waals surface area (Å²) < 4.78 is 24.1. The minimum Gasteiger partial charge on any atom is -0.480 e. The Balaban J connectivity index is 1.72. The molecular weight excluding hydrogens is 393 g/mol. The van der Waals surface area contributed by atoms with Crippen molar-refractivity contribution in [2.45, 2.75) is 13.0 Å². The van der Waals surface area contributed by atoms with Crippen LogP contribution in [-0.2, 0) is 4.79 Å². The van der Waals surface area contributed by atoms with Crippen molar-refractivity contribution in [2.75, 3.05) is 5.32 Å². The molecule has 0 aliphatic heterocycles. The highest BCUT2D eigenvalue weighted by Crippen LogP contribution is 2.26. The predicted molar refractivity (Wildman–Crippen MR) is 95.3 cm³/mol. The molecular formula is C18H13BrFNO4. The molecule has 3 rings (SSSR count). The minimum absolute atomic E-state index is 0.365. The van der Waals surface area contributed by atoms with E-state index in [0.29, 0.717) is 26.9 Å². The second kappa shape index (κ2) is 7.06. The zero-order chi connectivity index (χ0) is 18.0. The molecule has 1 aromatic heterocycles. The molecule has 5 nitrogen and oxygen atoms in total. The van der Waals surface area contributed by atoms with E-state index in [1.165, 1.54) is 24.3 Å². The molecule has 1 atom stereocenters. The van der Waals surface area contributed by atoms with Crippen LogP contribution in [0, 0.1) is 5.82 Å². The second-order valence-corrected chi connectivity index (χ2v) is 6.19. The molecule has 1 unspecified atom stereocenters. The van der Waals surface area contributed by atoms with Crippen LogP contribution in [-0.4, -0.2) is 12.0 Å². The van der Waals surface area contributed by atoms with Gasteiger partial charge in [0.05, 0.1) is 4.47 Å². The molecule has 0 radical (unpaired) electrons. The fourth-order valence-corrected chi connectivity index (χ4v) is 2.65. The maximum atomic E-state index is 13.1. The Kier molecular flexibility index (Phi) is 4.85. The van der Waals surface area contributed by atoms with E-state index in [0.717, 1.165) is 0 Å². The molecule has 0 saturated heterocycles. The summed E-state index contributed by atoms with van der Waals surface area (Å²) in [7, 11) is 0. The summed E-state index contributed by atoms with van der Waals surface area (Å²) in [5.41, 5.74) is 0.543. The van der Waals surface area contributed by atoms with E-state index in [4.69, 9.17) is 9.15 Å². The lowest BCUT2D eigenvalue weighted by molar-refractivity contribution is -0.122. The highest BCUT2D eigenvalue weighted by molar-refractivity contribution is 9.10. The fraction of sp³-hybridized carbons (Fsp3) is 0.111. The third-order valence-corrected chi connectivity index (χ3v) is 4.07. The van der Waals surface area contributed by atoms with E-state index in [9.17, 15) is 14.0 Å². The zero-order valence-electron chi connectivity index (χ0n) is 13.1. The summed E-state index contributed by atoms with van der Waals surface area (Å²) in [6.45, 7) is 1.59. The first kappa shape index (κ1) is 17.2. The van der Waals surface area contributed by atoms with E-state index in [1.807, 2.05) is 0 Å². The number of ether oxygens (including phenoxy) is 1. The van der Waals surface area contributed by atoms with E-state index in [1.54, 1.807) is 31.2 Å². The van der Waals surface area contributed by atoms with Gasteiger partial charge in [0, 0.05) is 17.1 Å². The van der Waals surface area contributed by atoms with Gasteiger partial charge in [-0.15, -0.1) is 0 Å². The SMILES string of the molecule is CC(Oc1ccc(F)cc1Br)C(=O)Nc1ccc2oc(=O)ccc2c1. The van der Waals surface area contributed by atoms with Crippen molar-refractivity contribution in [3.05, 3.63) is 69.2 Å². The van der Waals surface area contributed by atoms with Crippen molar-refractivity contribution in [3.8, 4) is 5.75 Å². The number of halogens is 2. The standard InChI is InChI=1S/C18H13BrFNO4/c1-10(24-16-5-3-12(20)9-14(16)19)18(23)21-13-4-6-15-11(8-13)2-7-17(22)25-15/h2-10H,1H3,(H,21,23). The first-order chi connectivity index (χ1) is 11.9. The van der Waals surface area contributed by atoms with Gasteiger partial charge < -0.3 is 14.5 Å². The van der Waals surface area contributed by atoms with Crippen molar-refractivity contribution in [2.24, 2.45) is 0 Å². The van der Waals surface area contributed by atoms with Crippen LogP contribution in [0.1, 0.15) is 6.92 Å². The first-order valence-corrected chi connectivity index (χ1v) is 8.18. The number of amides is 1. The van der Waals surface area contributed by atoms with Gasteiger partial charge in [0.2, 0.25) is 0 Å². The van der Waals surface area contributed by atoms with Crippen molar-refractivity contribution in [3.63, 3.8) is 0 Å². The monoisotopic (exact) mass is 405 g/mol. The number of benzene rings is 2. The van der Waals surface area contributed by atoms with Gasteiger partial charge in [-0.25, -0.2) is 9.18 Å². The molecule has 1 N–H and O–H groups in total. The Morgan fingerprint density at radius 2 is 2.00 bits per heavy atom. The number of carbonyl (C=O) groups is 1. The zero-order valence-corrected chi connectivity index (χ0v) is 14.7. The van der Waals surface area contributed by atoms with Crippen molar-refractivity contribution < 1.29 is 18.3 Å². The average molecular weight is 406 g/mol. The quantitative estimate of drug-likeness (QED) is 0.663. The topological polar surface area (TPSA) is 68.5 Å². The molecule has 0 saturated carbocycles. The third-order valence-electron chi connectivity index (χ3n) is 3.45. The molecule has 1 heterocycles. The van der Waals surface area contributed by atoms with Gasteiger partial charge in [-0.1, -0.05) is 0 Å². The number of fused-ring (bicyclic) bond motifs is 1. The van der Waals surface area contributed by atoms with E-state index < -0.39 is 17.5 Å². The molecule has 2 aromatic carbocycles. The van der Waals surface area contributed by atoms with Crippen molar-refractivity contribution >= 4 is 38.5 Å². The smallest absolute Gasteiger partial charge is 0.336 e. The van der Waals surface area contributed by atoms with E-state index in [2.05, 4.69) is 21.2 Å². The molecule has 7 heteroatoms. The summed E-state index contributed by atoms with van der Waals surface area (Å²) >= 11 is 3.19. The average Bonchev–Trinajstić information content (AvgIpc) is 2.57. The minimum atomic E-state index is -0.800. The van der Waals surface area contributed by atoms with Crippen LogP contribution >= 0.6 is 15.9 Å². The lowest BCUT2D eigenvalue weighted by Gasteiger charge is -2.16. The summed E-state index contributed by atoms with van der Waals surface area (Å²) in [6, 6.07) is 11.8. The maximum absolute atomic E-state index is 13.1. The first-order valence-electron chi connectivity index (χ1n) is 7.39. The Hall–Kier alpha value is -2.67. The van der Waals surface area contributed by atoms with Gasteiger partial charge in [-0.05, 0) is 65.3 Å². The highest BCUT2D eigenvalue weighted by Gasteiger charge is 2.16. The van der Waals surface area contributed by atoms with Crippen LogP contribution in [0.5, 0.6) is 5.75 Å². The molecule has 0 spiro atoms. The Bertz CT molecular complexity index is 1000. The highest BCUT2D eigenvalue weighted by atomic mass is 79.9. The van der Waals surface area contributed by atoms with E-state index >= 15 is 0 Å². The fourth-order valence-electron chi connectivity index (χ4n) is 2.21. The summed E-state index contributed by atoms with van der Waals surface area (Å²) in [5.74, 6) is -0.406. The summed E-state index contributed by atoms with van der Waals surface area (Å²) in [5, 5.41) is 3.41. The molecule has 0 bridgehead atoms. The van der Waals surface area contributed by atoms with Gasteiger partial charge in [0.25, 0.3) is 5.91 Å². The summed E-state index contributed by atoms with van der Waals surface area (Å²) in [6.07, 6.45) is -0.800. The molecule has 128 valence electrons. The number of hydrogen-bond donors (Lipinski definition) is 1. The van der Waals surface area contributed by atoms with Gasteiger partial charge in [0.1, 0.15) is 17.1 Å². The Morgan fingerprint density at radius 1 is 1.20 bits per heavy atom. The molecule has 0 fully saturated rings. The number of hydrogen-bond acceptors (Lipinski definition) is 4.